The highest BCUT2D eigenvalue weighted by Gasteiger charge is 2.51. The van der Waals surface area contributed by atoms with Crippen LogP contribution >= 0.6 is 11.8 Å². The number of sulfonamides is 1. The monoisotopic (exact) mass is 456 g/mol. The number of hydrogen-bond donors (Lipinski definition) is 3. The second kappa shape index (κ2) is 9.70. The summed E-state index contributed by atoms with van der Waals surface area (Å²) in [5, 5.41) is 17.8. The number of carbonyl (C=O) groups is 2. The Morgan fingerprint density at radius 1 is 1.33 bits per heavy atom. The standard InChI is InChI=1S/C19H24N2O7S2/c1-4-5-10-28-13-6-8-15(9-7-13)30(26,27)21-12-14(11-16(22)23)29-19(2,3)17(21)18(24)20-25/h6-9,14,17,25H,10-12H2,1-3H3,(H,20,24)(H,22,23)/t14-,17-/m0/s1. The summed E-state index contributed by atoms with van der Waals surface area (Å²) in [6, 6.07) is 4.41. The second-order valence-corrected chi connectivity index (χ2v) is 10.9. The quantitative estimate of drug-likeness (QED) is 0.318. The normalized spacial score (nSPS) is 21.2. The van der Waals surface area contributed by atoms with Crippen molar-refractivity contribution < 1.29 is 33.1 Å². The molecule has 2 atom stereocenters. The molecule has 30 heavy (non-hydrogen) atoms. The zero-order chi connectivity index (χ0) is 22.5. The van der Waals surface area contributed by atoms with Gasteiger partial charge in [0.2, 0.25) is 10.0 Å². The molecule has 0 aromatic heterocycles. The SMILES string of the molecule is CC#CCOc1ccc(S(=O)(=O)N2C[C@H](CC(=O)O)SC(C)(C)[C@@H]2C(=O)NO)cc1. The molecule has 1 aromatic carbocycles. The van der Waals surface area contributed by atoms with Gasteiger partial charge in [-0.05, 0) is 45.0 Å². The number of aliphatic carboxylic acids is 1. The molecule has 0 bridgehead atoms. The summed E-state index contributed by atoms with van der Waals surface area (Å²) in [6.07, 6.45) is -0.265. The van der Waals surface area contributed by atoms with Gasteiger partial charge in [-0.3, -0.25) is 14.8 Å². The van der Waals surface area contributed by atoms with Crippen molar-refractivity contribution in [2.45, 2.75) is 48.1 Å². The molecular weight excluding hydrogens is 432 g/mol. The lowest BCUT2D eigenvalue weighted by Gasteiger charge is -2.46. The van der Waals surface area contributed by atoms with Gasteiger partial charge in [0, 0.05) is 16.5 Å². The fraction of sp³-hybridized carbons (Fsp3) is 0.474. The summed E-state index contributed by atoms with van der Waals surface area (Å²) in [4.78, 5) is 23.5. The number of nitrogens with one attached hydrogen (secondary N) is 1. The fourth-order valence-electron chi connectivity index (χ4n) is 3.26. The van der Waals surface area contributed by atoms with Crippen molar-refractivity contribution >= 4 is 33.7 Å². The van der Waals surface area contributed by atoms with E-state index in [9.17, 15) is 23.2 Å². The van der Waals surface area contributed by atoms with Gasteiger partial charge in [-0.25, -0.2) is 13.9 Å². The molecule has 0 unspecified atom stereocenters. The Balaban J connectivity index is 2.41. The van der Waals surface area contributed by atoms with Crippen LogP contribution in [0.5, 0.6) is 5.75 Å². The van der Waals surface area contributed by atoms with E-state index in [0.717, 1.165) is 4.31 Å². The van der Waals surface area contributed by atoms with Crippen molar-refractivity contribution in [3.05, 3.63) is 24.3 Å². The molecule has 0 spiro atoms. The molecule has 164 valence electrons. The molecule has 0 saturated carbocycles. The zero-order valence-electron chi connectivity index (χ0n) is 16.8. The maximum Gasteiger partial charge on any atom is 0.304 e. The number of ether oxygens (including phenoxy) is 1. The minimum absolute atomic E-state index is 0.0797. The van der Waals surface area contributed by atoms with Crippen LogP contribution < -0.4 is 10.2 Å². The summed E-state index contributed by atoms with van der Waals surface area (Å²) >= 11 is 1.21. The molecule has 1 heterocycles. The predicted molar refractivity (Wildman–Crippen MR) is 111 cm³/mol. The smallest absolute Gasteiger partial charge is 0.304 e. The Bertz CT molecular complexity index is 949. The summed E-state index contributed by atoms with van der Waals surface area (Å²) in [7, 11) is -4.18. The highest BCUT2D eigenvalue weighted by atomic mass is 32.2. The number of carboxylic acid groups (broad SMARTS) is 1. The molecule has 0 radical (unpaired) electrons. The number of thioether (sulfide) groups is 1. The third-order valence-corrected chi connectivity index (χ3v) is 7.80. The van der Waals surface area contributed by atoms with Crippen molar-refractivity contribution in [3.63, 3.8) is 0 Å². The van der Waals surface area contributed by atoms with E-state index in [-0.39, 0.29) is 24.5 Å². The number of carbonyl (C=O) groups excluding carboxylic acids is 1. The lowest BCUT2D eigenvalue weighted by Crippen LogP contribution is -2.62. The number of hydrogen-bond acceptors (Lipinski definition) is 7. The molecule has 0 aliphatic carbocycles. The maximum absolute atomic E-state index is 13.4. The Labute approximate surface area is 179 Å². The molecule has 1 aliphatic heterocycles. The van der Waals surface area contributed by atoms with Gasteiger partial charge in [-0.2, -0.15) is 4.31 Å². The number of carboxylic acids is 1. The molecule has 11 heteroatoms. The third-order valence-electron chi connectivity index (χ3n) is 4.48. The first-order chi connectivity index (χ1) is 14.0. The molecule has 2 rings (SSSR count). The average molecular weight is 457 g/mol. The van der Waals surface area contributed by atoms with E-state index in [2.05, 4.69) is 11.8 Å². The summed E-state index contributed by atoms with van der Waals surface area (Å²) < 4.78 is 32.1. The highest BCUT2D eigenvalue weighted by Crippen LogP contribution is 2.43. The number of nitrogens with zero attached hydrogens (tertiary/aromatic N) is 1. The number of amides is 1. The second-order valence-electron chi connectivity index (χ2n) is 7.08. The van der Waals surface area contributed by atoms with Crippen LogP contribution in [-0.2, 0) is 19.6 Å². The Kier molecular flexibility index (Phi) is 7.76. The first kappa shape index (κ1) is 24.0. The fourth-order valence-corrected chi connectivity index (χ4v) is 6.87. The first-order valence-corrected chi connectivity index (χ1v) is 11.3. The van der Waals surface area contributed by atoms with E-state index in [4.69, 9.17) is 9.84 Å². The lowest BCUT2D eigenvalue weighted by molar-refractivity contribution is -0.137. The van der Waals surface area contributed by atoms with Crippen LogP contribution in [-0.4, -0.2) is 64.1 Å². The van der Waals surface area contributed by atoms with Crippen molar-refractivity contribution in [2.24, 2.45) is 0 Å². The van der Waals surface area contributed by atoms with E-state index in [1.54, 1.807) is 20.8 Å². The Hall–Kier alpha value is -2.26. The van der Waals surface area contributed by atoms with Crippen LogP contribution in [0.4, 0.5) is 0 Å². The van der Waals surface area contributed by atoms with E-state index < -0.39 is 37.9 Å². The van der Waals surface area contributed by atoms with Crippen molar-refractivity contribution in [3.8, 4) is 17.6 Å². The summed E-state index contributed by atoms with van der Waals surface area (Å²) in [5.74, 6) is 3.89. The van der Waals surface area contributed by atoms with E-state index in [0.29, 0.717) is 5.75 Å². The molecule has 1 fully saturated rings. The largest absolute Gasteiger partial charge is 0.481 e. The number of benzene rings is 1. The third kappa shape index (κ3) is 5.46. The van der Waals surface area contributed by atoms with Crippen LogP contribution in [0.3, 0.4) is 0 Å². The maximum atomic E-state index is 13.4. The Morgan fingerprint density at radius 2 is 1.97 bits per heavy atom. The Morgan fingerprint density at radius 3 is 2.50 bits per heavy atom. The van der Waals surface area contributed by atoms with Crippen LogP contribution in [0.25, 0.3) is 0 Å². The molecule has 1 saturated heterocycles. The van der Waals surface area contributed by atoms with Gasteiger partial charge in [0.15, 0.2) is 0 Å². The molecule has 1 aromatic rings. The molecule has 3 N–H and O–H groups in total. The van der Waals surface area contributed by atoms with Gasteiger partial charge in [0.05, 0.1) is 11.3 Å². The number of rotatable bonds is 7. The average Bonchev–Trinajstić information content (AvgIpc) is 2.66. The van der Waals surface area contributed by atoms with Gasteiger partial charge >= 0.3 is 5.97 Å². The molecule has 1 aliphatic rings. The highest BCUT2D eigenvalue weighted by molar-refractivity contribution is 8.01. The van der Waals surface area contributed by atoms with Gasteiger partial charge in [-0.15, -0.1) is 17.7 Å². The summed E-state index contributed by atoms with van der Waals surface area (Å²) in [5.41, 5.74) is 1.53. The van der Waals surface area contributed by atoms with Crippen LogP contribution in [0.1, 0.15) is 27.2 Å². The number of hydroxylamine groups is 1. The van der Waals surface area contributed by atoms with Crippen molar-refractivity contribution in [2.75, 3.05) is 13.2 Å². The van der Waals surface area contributed by atoms with E-state index in [1.807, 2.05) is 0 Å². The lowest BCUT2D eigenvalue weighted by atomic mass is 10.0. The van der Waals surface area contributed by atoms with Gasteiger partial charge in [0.25, 0.3) is 5.91 Å². The topological polar surface area (TPSA) is 133 Å². The molecule has 1 amide bonds. The van der Waals surface area contributed by atoms with Gasteiger partial charge in [0.1, 0.15) is 18.4 Å². The van der Waals surface area contributed by atoms with Crippen LogP contribution in [0.2, 0.25) is 0 Å². The van der Waals surface area contributed by atoms with Crippen molar-refractivity contribution in [1.82, 2.24) is 9.79 Å². The van der Waals surface area contributed by atoms with Crippen molar-refractivity contribution in [1.29, 1.82) is 0 Å². The summed E-state index contributed by atoms with van der Waals surface area (Å²) in [6.45, 7) is 4.93. The minimum atomic E-state index is -4.18. The van der Waals surface area contributed by atoms with Gasteiger partial charge < -0.3 is 9.84 Å². The predicted octanol–water partition coefficient (Wildman–Crippen LogP) is 1.32. The zero-order valence-corrected chi connectivity index (χ0v) is 18.4. The minimum Gasteiger partial charge on any atom is -0.481 e. The van der Waals surface area contributed by atoms with E-state index >= 15 is 0 Å². The van der Waals surface area contributed by atoms with Crippen LogP contribution in [0, 0.1) is 11.8 Å². The van der Waals surface area contributed by atoms with Crippen LogP contribution in [0.15, 0.2) is 29.2 Å². The van der Waals surface area contributed by atoms with Gasteiger partial charge in [-0.1, -0.05) is 5.92 Å². The molecule has 9 nitrogen and oxygen atoms in total. The van der Waals surface area contributed by atoms with E-state index in [1.165, 1.54) is 41.5 Å². The first-order valence-electron chi connectivity index (χ1n) is 9.00. The molecular formula is C19H24N2O7S2.